The van der Waals surface area contributed by atoms with Crippen molar-refractivity contribution in [3.8, 4) is 11.1 Å². The third-order valence-electron chi connectivity index (χ3n) is 4.42. The fourth-order valence-electron chi connectivity index (χ4n) is 2.94. The summed E-state index contributed by atoms with van der Waals surface area (Å²) < 4.78 is 110. The van der Waals surface area contributed by atoms with Crippen molar-refractivity contribution in [1.82, 2.24) is 10.3 Å². The number of benzene rings is 2. The Morgan fingerprint density at radius 2 is 1.50 bits per heavy atom. The number of carbonyl (C=O) groups is 1. The minimum absolute atomic E-state index is 0.0520. The number of pyridine rings is 1. The molecule has 0 saturated carbocycles. The van der Waals surface area contributed by atoms with Gasteiger partial charge in [0.05, 0.1) is 23.2 Å². The molecule has 1 aromatic heterocycles. The second kappa shape index (κ2) is 8.56. The van der Waals surface area contributed by atoms with Crippen molar-refractivity contribution in [2.45, 2.75) is 12.1 Å². The number of aromatic nitrogens is 1. The summed E-state index contributed by atoms with van der Waals surface area (Å²) in [6.45, 7) is -1.66. The Morgan fingerprint density at radius 3 is 2.06 bits per heavy atom. The van der Waals surface area contributed by atoms with Gasteiger partial charge in [0.2, 0.25) is 5.95 Å². The summed E-state index contributed by atoms with van der Waals surface area (Å²) >= 11 is 0. The number of amides is 1. The second-order valence-corrected chi connectivity index (χ2v) is 6.61. The molecule has 0 aliphatic carbocycles. The van der Waals surface area contributed by atoms with Crippen LogP contribution in [0.1, 0.15) is 21.5 Å². The largest absolute Gasteiger partial charge is 0.417 e. The van der Waals surface area contributed by atoms with E-state index in [4.69, 9.17) is 0 Å². The zero-order chi connectivity index (χ0) is 23.7. The lowest BCUT2D eigenvalue weighted by Gasteiger charge is -2.20. The maximum atomic E-state index is 14.5. The molecule has 0 fully saturated rings. The van der Waals surface area contributed by atoms with Crippen molar-refractivity contribution in [2.75, 3.05) is 6.54 Å². The molecular weight excluding hydrogens is 448 g/mol. The van der Waals surface area contributed by atoms with E-state index >= 15 is 0 Å². The molecule has 0 radical (unpaired) electrons. The van der Waals surface area contributed by atoms with Crippen LogP contribution >= 0.6 is 0 Å². The van der Waals surface area contributed by atoms with Crippen LogP contribution in [0, 0.1) is 17.6 Å². The fourth-order valence-corrected chi connectivity index (χ4v) is 2.94. The molecule has 1 heterocycles. The Bertz CT molecular complexity index is 1120. The van der Waals surface area contributed by atoms with Crippen molar-refractivity contribution in [1.29, 1.82) is 0 Å². The fraction of sp³-hybridized carbons (Fsp3) is 0.143. The maximum Gasteiger partial charge on any atom is 0.417 e. The van der Waals surface area contributed by atoms with Gasteiger partial charge in [0.25, 0.3) is 11.8 Å². The van der Waals surface area contributed by atoms with Gasteiger partial charge < -0.3 is 5.32 Å². The Labute approximate surface area is 175 Å². The van der Waals surface area contributed by atoms with Gasteiger partial charge in [-0.15, -0.1) is 0 Å². The number of alkyl halides is 5. The number of carbonyl (C=O) groups excluding carboxylic acids is 1. The Kier molecular flexibility index (Phi) is 6.20. The molecule has 1 N–H and O–H groups in total. The van der Waals surface area contributed by atoms with Gasteiger partial charge in [-0.2, -0.15) is 26.3 Å². The SMILES string of the molecule is O=C(NCC(F)(F)c1c(F)cc(-c2ccc(F)nc2)cc1F)c1ccccc1C(F)(F)F. The third kappa shape index (κ3) is 4.87. The first-order valence-electron chi connectivity index (χ1n) is 8.84. The van der Waals surface area contributed by atoms with Gasteiger partial charge in [0.1, 0.15) is 11.6 Å². The topological polar surface area (TPSA) is 42.0 Å². The highest BCUT2D eigenvalue weighted by molar-refractivity contribution is 5.95. The van der Waals surface area contributed by atoms with Crippen LogP contribution in [0.4, 0.5) is 35.1 Å². The molecule has 1 amide bonds. The molecule has 0 spiro atoms. The number of hydrogen-bond donors (Lipinski definition) is 1. The summed E-state index contributed by atoms with van der Waals surface area (Å²) in [5.74, 6) is -9.98. The van der Waals surface area contributed by atoms with E-state index in [2.05, 4.69) is 4.98 Å². The molecule has 11 heteroatoms. The summed E-state index contributed by atoms with van der Waals surface area (Å²) in [6.07, 6.45) is -3.97. The highest BCUT2D eigenvalue weighted by Gasteiger charge is 2.40. The predicted molar refractivity (Wildman–Crippen MR) is 97.2 cm³/mol. The molecule has 2 aromatic carbocycles. The van der Waals surface area contributed by atoms with Crippen LogP contribution in [0.15, 0.2) is 54.7 Å². The zero-order valence-corrected chi connectivity index (χ0v) is 15.8. The first-order valence-corrected chi connectivity index (χ1v) is 8.84. The van der Waals surface area contributed by atoms with Crippen LogP contribution < -0.4 is 5.32 Å². The van der Waals surface area contributed by atoms with Crippen molar-refractivity contribution in [3.05, 3.63) is 89.0 Å². The second-order valence-electron chi connectivity index (χ2n) is 6.61. The zero-order valence-electron chi connectivity index (χ0n) is 15.8. The molecule has 0 unspecified atom stereocenters. The molecule has 0 bridgehead atoms. The Balaban J connectivity index is 1.84. The van der Waals surface area contributed by atoms with Crippen LogP contribution in [0.3, 0.4) is 0 Å². The van der Waals surface area contributed by atoms with E-state index < -0.39 is 58.8 Å². The summed E-state index contributed by atoms with van der Waals surface area (Å²) in [5.41, 5.74) is -4.10. The Hall–Kier alpha value is -3.50. The maximum absolute atomic E-state index is 14.5. The summed E-state index contributed by atoms with van der Waals surface area (Å²) in [5, 5.41) is 1.58. The van der Waals surface area contributed by atoms with Crippen LogP contribution in [0.5, 0.6) is 0 Å². The molecule has 3 nitrogen and oxygen atoms in total. The first-order chi connectivity index (χ1) is 14.9. The van der Waals surface area contributed by atoms with Crippen molar-refractivity contribution in [2.24, 2.45) is 0 Å². The van der Waals surface area contributed by atoms with E-state index in [1.165, 1.54) is 0 Å². The Morgan fingerprint density at radius 1 is 0.875 bits per heavy atom. The van der Waals surface area contributed by atoms with Gasteiger partial charge in [-0.3, -0.25) is 4.79 Å². The van der Waals surface area contributed by atoms with Gasteiger partial charge in [-0.05, 0) is 42.0 Å². The quantitative estimate of drug-likeness (QED) is 0.392. The molecular formula is C21H12F8N2O. The van der Waals surface area contributed by atoms with Gasteiger partial charge in [0.15, 0.2) is 0 Å². The average Bonchev–Trinajstić information content (AvgIpc) is 2.71. The molecule has 0 saturated heterocycles. The number of nitrogens with zero attached hydrogens (tertiary/aromatic N) is 1. The minimum Gasteiger partial charge on any atom is -0.346 e. The highest BCUT2D eigenvalue weighted by atomic mass is 19.4. The third-order valence-corrected chi connectivity index (χ3v) is 4.42. The molecule has 0 atom stereocenters. The predicted octanol–water partition coefficient (Wildman–Crippen LogP) is 5.71. The van der Waals surface area contributed by atoms with Crippen LogP contribution in [0.2, 0.25) is 0 Å². The molecule has 0 aliphatic rings. The van der Waals surface area contributed by atoms with Gasteiger partial charge in [-0.1, -0.05) is 12.1 Å². The number of hydrogen-bond acceptors (Lipinski definition) is 2. The number of rotatable bonds is 5. The van der Waals surface area contributed by atoms with E-state index in [1.54, 1.807) is 5.32 Å². The molecule has 0 aliphatic heterocycles. The van der Waals surface area contributed by atoms with Crippen molar-refractivity contribution in [3.63, 3.8) is 0 Å². The van der Waals surface area contributed by atoms with E-state index in [1.807, 2.05) is 0 Å². The molecule has 3 rings (SSSR count). The monoisotopic (exact) mass is 460 g/mol. The van der Waals surface area contributed by atoms with Crippen LogP contribution in [-0.4, -0.2) is 17.4 Å². The molecule has 32 heavy (non-hydrogen) atoms. The van der Waals surface area contributed by atoms with E-state index in [-0.39, 0.29) is 11.1 Å². The van der Waals surface area contributed by atoms with Gasteiger partial charge in [-0.25, -0.2) is 13.8 Å². The standard InChI is InChI=1S/C21H12F8N2O/c22-15-7-12(11-5-6-17(24)30-9-11)8-16(23)18(15)20(25,26)10-31-19(32)13-3-1-2-4-14(13)21(27,28)29/h1-9H,10H2,(H,31,32). The van der Waals surface area contributed by atoms with E-state index in [9.17, 15) is 39.9 Å². The van der Waals surface area contributed by atoms with E-state index in [0.717, 1.165) is 36.5 Å². The summed E-state index contributed by atoms with van der Waals surface area (Å²) in [7, 11) is 0. The smallest absolute Gasteiger partial charge is 0.346 e. The van der Waals surface area contributed by atoms with Crippen LogP contribution in [0.25, 0.3) is 11.1 Å². The number of halogens is 8. The van der Waals surface area contributed by atoms with Crippen LogP contribution in [-0.2, 0) is 12.1 Å². The van der Waals surface area contributed by atoms with Crippen molar-refractivity contribution < 1.29 is 39.9 Å². The van der Waals surface area contributed by atoms with Gasteiger partial charge >= 0.3 is 6.18 Å². The summed E-state index contributed by atoms with van der Waals surface area (Å²) in [6, 6.07) is 6.67. The van der Waals surface area contributed by atoms with Gasteiger partial charge in [0, 0.05) is 11.8 Å². The van der Waals surface area contributed by atoms with E-state index in [0.29, 0.717) is 18.2 Å². The molecule has 3 aromatic rings. The first kappa shape index (κ1) is 23.2. The lowest BCUT2D eigenvalue weighted by Crippen LogP contribution is -2.37. The lowest BCUT2D eigenvalue weighted by atomic mass is 10.0. The molecule has 168 valence electrons. The summed E-state index contributed by atoms with van der Waals surface area (Å²) in [4.78, 5) is 15.4. The number of nitrogens with one attached hydrogen (secondary N) is 1. The van der Waals surface area contributed by atoms with Crippen molar-refractivity contribution >= 4 is 5.91 Å². The lowest BCUT2D eigenvalue weighted by molar-refractivity contribution is -0.137. The normalized spacial score (nSPS) is 12.0. The highest BCUT2D eigenvalue weighted by Crippen LogP contribution is 2.35. The average molecular weight is 460 g/mol. The minimum atomic E-state index is -4.92.